The zero-order chi connectivity index (χ0) is 23.7. The van der Waals surface area contributed by atoms with Crippen LogP contribution in [0.2, 0.25) is 0 Å². The number of nitrogens with two attached hydrogens (primary N) is 1. The molecule has 3 aromatic rings. The van der Waals surface area contributed by atoms with Gasteiger partial charge in [-0.05, 0) is 51.7 Å². The fraction of sp³-hybridized carbons (Fsp3) is 0.375. The summed E-state index contributed by atoms with van der Waals surface area (Å²) in [5.41, 5.74) is 5.78. The number of halogens is 1. The lowest BCUT2D eigenvalue weighted by Gasteiger charge is -2.23. The Labute approximate surface area is 190 Å². The number of anilines is 2. The number of nitrogens with one attached hydrogen (secondary N) is 1. The summed E-state index contributed by atoms with van der Waals surface area (Å²) in [6, 6.07) is 5.69. The number of aromatic nitrogens is 2. The summed E-state index contributed by atoms with van der Waals surface area (Å²) in [5, 5.41) is 12.5. The van der Waals surface area contributed by atoms with Crippen LogP contribution in [0.1, 0.15) is 55.2 Å². The summed E-state index contributed by atoms with van der Waals surface area (Å²) < 4.78 is 23.2. The van der Waals surface area contributed by atoms with Crippen LogP contribution in [0.3, 0.4) is 0 Å². The molecule has 0 saturated heterocycles. The Morgan fingerprint density at radius 2 is 2.15 bits per heavy atom. The number of ether oxygens (including phenoxy) is 1. The second kappa shape index (κ2) is 9.09. The van der Waals surface area contributed by atoms with Gasteiger partial charge in [0.1, 0.15) is 11.3 Å². The van der Waals surface area contributed by atoms with Gasteiger partial charge in [-0.25, -0.2) is 9.18 Å². The molecule has 1 aliphatic carbocycles. The first-order chi connectivity index (χ1) is 15.8. The molecule has 0 unspecified atom stereocenters. The van der Waals surface area contributed by atoms with Crippen LogP contribution in [0.5, 0.6) is 5.75 Å². The molecule has 8 nitrogen and oxygen atoms in total. The number of rotatable bonds is 9. The molecule has 0 amide bonds. The summed E-state index contributed by atoms with van der Waals surface area (Å²) >= 11 is 0. The molecule has 4 N–H and O–H groups in total. The highest BCUT2D eigenvalue weighted by molar-refractivity contribution is 6.03. The maximum absolute atomic E-state index is 15.5. The van der Waals surface area contributed by atoms with Crippen molar-refractivity contribution in [1.29, 1.82) is 0 Å². The number of nitrogens with zero attached hydrogens (tertiary/aromatic N) is 2. The summed E-state index contributed by atoms with van der Waals surface area (Å²) in [4.78, 5) is 29.0. The van der Waals surface area contributed by atoms with Gasteiger partial charge in [0, 0.05) is 30.7 Å². The van der Waals surface area contributed by atoms with Crippen molar-refractivity contribution in [2.24, 2.45) is 0 Å². The van der Waals surface area contributed by atoms with E-state index in [0.29, 0.717) is 24.9 Å². The van der Waals surface area contributed by atoms with Gasteiger partial charge in [0.25, 0.3) is 0 Å². The molecule has 1 aliphatic rings. The van der Waals surface area contributed by atoms with Crippen molar-refractivity contribution in [3.05, 3.63) is 57.9 Å². The Bertz CT molecular complexity index is 1250. The lowest BCUT2D eigenvalue weighted by atomic mass is 10.1. The number of carboxylic acids is 1. The molecule has 1 fully saturated rings. The van der Waals surface area contributed by atoms with Crippen molar-refractivity contribution in [1.82, 2.24) is 9.55 Å². The van der Waals surface area contributed by atoms with Gasteiger partial charge < -0.3 is 25.5 Å². The molecule has 174 valence electrons. The van der Waals surface area contributed by atoms with Crippen LogP contribution in [0.15, 0.2) is 35.4 Å². The molecule has 33 heavy (non-hydrogen) atoms. The zero-order valence-corrected chi connectivity index (χ0v) is 18.6. The average Bonchev–Trinajstić information content (AvgIpc) is 3.61. The Kier molecular flexibility index (Phi) is 6.22. The normalized spacial score (nSPS) is 13.5. The minimum Gasteiger partial charge on any atom is -0.486 e. The van der Waals surface area contributed by atoms with Crippen molar-refractivity contribution in [3.8, 4) is 5.75 Å². The van der Waals surface area contributed by atoms with E-state index >= 15 is 4.39 Å². The van der Waals surface area contributed by atoms with Crippen molar-refractivity contribution >= 4 is 28.2 Å². The standard InChI is InChI=1S/C24H27FN4O4/c1-13(2)33-23-20(28-11-5-7-14-6-3-4-10-27-14)18(25)19(26)17-21(23)29(15-8-9-15)12-16(22(17)30)24(31)32/h3-4,6,10,12-13,15,28H,5,7-9,11,26H2,1-2H3,(H,31,32). The number of nitrogen functional groups attached to an aromatic ring is 1. The van der Waals surface area contributed by atoms with Gasteiger partial charge in [-0.3, -0.25) is 9.78 Å². The summed E-state index contributed by atoms with van der Waals surface area (Å²) in [7, 11) is 0. The lowest BCUT2D eigenvalue weighted by molar-refractivity contribution is 0.0694. The van der Waals surface area contributed by atoms with E-state index in [0.717, 1.165) is 18.5 Å². The maximum atomic E-state index is 15.5. The number of hydrogen-bond donors (Lipinski definition) is 3. The van der Waals surface area contributed by atoms with Crippen molar-refractivity contribution in [2.45, 2.75) is 51.7 Å². The SMILES string of the molecule is CC(C)Oc1c(NCCCc2ccccn2)c(F)c(N)c2c(=O)c(C(=O)O)cn(C3CC3)c12. The van der Waals surface area contributed by atoms with E-state index in [9.17, 15) is 14.7 Å². The maximum Gasteiger partial charge on any atom is 0.341 e. The monoisotopic (exact) mass is 454 g/mol. The van der Waals surface area contributed by atoms with E-state index in [1.165, 1.54) is 6.20 Å². The molecule has 2 heterocycles. The number of aryl methyl sites for hydroxylation is 1. The van der Waals surface area contributed by atoms with E-state index in [4.69, 9.17) is 10.5 Å². The molecular weight excluding hydrogens is 427 g/mol. The molecule has 1 aromatic carbocycles. The van der Waals surface area contributed by atoms with E-state index < -0.39 is 22.8 Å². The van der Waals surface area contributed by atoms with Gasteiger partial charge >= 0.3 is 5.97 Å². The van der Waals surface area contributed by atoms with Crippen LogP contribution >= 0.6 is 0 Å². The van der Waals surface area contributed by atoms with Crippen LogP contribution in [0.4, 0.5) is 15.8 Å². The minimum atomic E-state index is -1.38. The van der Waals surface area contributed by atoms with E-state index in [1.54, 1.807) is 24.6 Å². The number of hydrogen-bond acceptors (Lipinski definition) is 6. The number of benzene rings is 1. The molecule has 0 spiro atoms. The molecular formula is C24H27FN4O4. The molecule has 0 atom stereocenters. The predicted octanol–water partition coefficient (Wildman–Crippen LogP) is 3.98. The first kappa shape index (κ1) is 22.6. The van der Waals surface area contributed by atoms with Crippen molar-refractivity contribution < 1.29 is 19.0 Å². The fourth-order valence-corrected chi connectivity index (χ4v) is 3.91. The fourth-order valence-electron chi connectivity index (χ4n) is 3.91. The topological polar surface area (TPSA) is 119 Å². The third-order valence-corrected chi connectivity index (χ3v) is 5.56. The predicted molar refractivity (Wildman–Crippen MR) is 125 cm³/mol. The van der Waals surface area contributed by atoms with Crippen LogP contribution in [-0.4, -0.2) is 33.3 Å². The first-order valence-electron chi connectivity index (χ1n) is 11.0. The smallest absolute Gasteiger partial charge is 0.341 e. The second-order valence-corrected chi connectivity index (χ2v) is 8.49. The van der Waals surface area contributed by atoms with Gasteiger partial charge in [-0.2, -0.15) is 0 Å². The second-order valence-electron chi connectivity index (χ2n) is 8.49. The molecule has 4 rings (SSSR count). The zero-order valence-electron chi connectivity index (χ0n) is 18.6. The Morgan fingerprint density at radius 1 is 1.39 bits per heavy atom. The largest absolute Gasteiger partial charge is 0.486 e. The molecule has 1 saturated carbocycles. The van der Waals surface area contributed by atoms with Gasteiger partial charge in [0.2, 0.25) is 5.43 Å². The number of carboxylic acid groups (broad SMARTS) is 1. The number of carbonyl (C=O) groups is 1. The Balaban J connectivity index is 1.81. The summed E-state index contributed by atoms with van der Waals surface area (Å²) in [5.74, 6) is -2.03. The highest BCUT2D eigenvalue weighted by atomic mass is 19.1. The van der Waals surface area contributed by atoms with Crippen molar-refractivity contribution in [3.63, 3.8) is 0 Å². The van der Waals surface area contributed by atoms with Gasteiger partial charge in [-0.1, -0.05) is 6.07 Å². The van der Waals surface area contributed by atoms with E-state index in [-0.39, 0.29) is 34.7 Å². The third kappa shape index (κ3) is 4.48. The highest BCUT2D eigenvalue weighted by Crippen LogP contribution is 2.45. The summed E-state index contributed by atoms with van der Waals surface area (Å²) in [6.07, 6.45) is 5.76. The van der Waals surface area contributed by atoms with E-state index in [2.05, 4.69) is 10.3 Å². The molecule has 0 radical (unpaired) electrons. The van der Waals surface area contributed by atoms with Crippen LogP contribution < -0.4 is 21.2 Å². The Morgan fingerprint density at radius 3 is 2.76 bits per heavy atom. The summed E-state index contributed by atoms with van der Waals surface area (Å²) in [6.45, 7) is 4.03. The van der Waals surface area contributed by atoms with Crippen molar-refractivity contribution in [2.75, 3.05) is 17.6 Å². The van der Waals surface area contributed by atoms with Crippen LogP contribution in [-0.2, 0) is 6.42 Å². The molecule has 2 aromatic heterocycles. The number of pyridine rings is 2. The lowest BCUT2D eigenvalue weighted by Crippen LogP contribution is -2.22. The minimum absolute atomic E-state index is 0.00239. The first-order valence-corrected chi connectivity index (χ1v) is 11.0. The number of fused-ring (bicyclic) bond motifs is 1. The Hall–Kier alpha value is -3.62. The highest BCUT2D eigenvalue weighted by Gasteiger charge is 2.32. The molecule has 0 bridgehead atoms. The third-order valence-electron chi connectivity index (χ3n) is 5.56. The van der Waals surface area contributed by atoms with Crippen LogP contribution in [0, 0.1) is 5.82 Å². The molecule has 9 heteroatoms. The molecule has 0 aliphatic heterocycles. The van der Waals surface area contributed by atoms with Gasteiger partial charge in [-0.15, -0.1) is 0 Å². The number of aromatic carboxylic acids is 1. The average molecular weight is 455 g/mol. The van der Waals surface area contributed by atoms with Gasteiger partial charge in [0.15, 0.2) is 11.6 Å². The van der Waals surface area contributed by atoms with E-state index in [1.807, 2.05) is 18.2 Å². The van der Waals surface area contributed by atoms with Crippen LogP contribution in [0.25, 0.3) is 10.9 Å². The van der Waals surface area contributed by atoms with Gasteiger partial charge in [0.05, 0.1) is 22.7 Å². The quantitative estimate of drug-likeness (QED) is 0.330.